The second-order valence-corrected chi connectivity index (χ2v) is 5.54. The Balaban J connectivity index is 1.95. The number of amides is 1. The van der Waals surface area contributed by atoms with E-state index in [1.807, 2.05) is 31.2 Å². The number of methoxy groups -OCH3 is 1. The Kier molecular flexibility index (Phi) is 4.33. The molecule has 0 atom stereocenters. The molecule has 5 heteroatoms. The maximum absolute atomic E-state index is 11.7. The first kappa shape index (κ1) is 15.8. The van der Waals surface area contributed by atoms with Crippen molar-refractivity contribution >= 4 is 5.91 Å². The number of nitrogens with zero attached hydrogens (tertiary/aromatic N) is 1. The van der Waals surface area contributed by atoms with Crippen LogP contribution in [-0.4, -0.2) is 18.0 Å². The molecule has 24 heavy (non-hydrogen) atoms. The topological polar surface area (TPSA) is 78.3 Å². The van der Waals surface area contributed by atoms with Crippen molar-refractivity contribution in [3.63, 3.8) is 0 Å². The number of nitrogens with two attached hydrogens (primary N) is 1. The Morgan fingerprint density at radius 1 is 1.12 bits per heavy atom. The number of hydrogen-bond acceptors (Lipinski definition) is 4. The van der Waals surface area contributed by atoms with Crippen LogP contribution in [-0.2, 0) is 6.42 Å². The SMILES string of the molecule is COc1ccc(-c2oc(Cc3ccc(C)cc3)nc2C(N)=O)cc1. The van der Waals surface area contributed by atoms with Crippen molar-refractivity contribution < 1.29 is 13.9 Å². The molecule has 0 bridgehead atoms. The van der Waals surface area contributed by atoms with Gasteiger partial charge in [-0.05, 0) is 36.8 Å². The second kappa shape index (κ2) is 6.58. The third-order valence-electron chi connectivity index (χ3n) is 3.73. The molecule has 0 fully saturated rings. The Labute approximate surface area is 140 Å². The highest BCUT2D eigenvalue weighted by molar-refractivity contribution is 5.96. The molecule has 0 saturated heterocycles. The number of aryl methyl sites for hydroxylation is 1. The van der Waals surface area contributed by atoms with Gasteiger partial charge >= 0.3 is 0 Å². The van der Waals surface area contributed by atoms with Crippen LogP contribution in [0.4, 0.5) is 0 Å². The van der Waals surface area contributed by atoms with Crippen LogP contribution in [0.1, 0.15) is 27.5 Å². The minimum absolute atomic E-state index is 0.141. The predicted molar refractivity (Wildman–Crippen MR) is 91.0 cm³/mol. The minimum atomic E-state index is -0.611. The lowest BCUT2D eigenvalue weighted by molar-refractivity contribution is 0.0996. The van der Waals surface area contributed by atoms with Gasteiger partial charge in [-0.1, -0.05) is 29.8 Å². The summed E-state index contributed by atoms with van der Waals surface area (Å²) < 4.78 is 11.0. The number of oxazole rings is 1. The molecule has 2 aromatic carbocycles. The Hall–Kier alpha value is -3.08. The molecule has 0 spiro atoms. The molecule has 122 valence electrons. The summed E-state index contributed by atoms with van der Waals surface area (Å²) in [4.78, 5) is 16.0. The number of primary amides is 1. The number of hydrogen-bond donors (Lipinski definition) is 1. The molecule has 0 saturated carbocycles. The van der Waals surface area contributed by atoms with Gasteiger partial charge in [-0.2, -0.15) is 0 Å². The molecule has 1 amide bonds. The molecule has 3 rings (SSSR count). The molecular weight excluding hydrogens is 304 g/mol. The van der Waals surface area contributed by atoms with Crippen molar-refractivity contribution in [2.24, 2.45) is 5.73 Å². The molecule has 3 aromatic rings. The summed E-state index contributed by atoms with van der Waals surface area (Å²) in [7, 11) is 1.60. The average molecular weight is 322 g/mol. The van der Waals surface area contributed by atoms with E-state index < -0.39 is 5.91 Å². The number of ether oxygens (including phenoxy) is 1. The van der Waals surface area contributed by atoms with E-state index >= 15 is 0 Å². The maximum Gasteiger partial charge on any atom is 0.271 e. The molecule has 5 nitrogen and oxygen atoms in total. The third kappa shape index (κ3) is 3.30. The lowest BCUT2D eigenvalue weighted by atomic mass is 10.1. The number of carbonyl (C=O) groups is 1. The zero-order valence-electron chi connectivity index (χ0n) is 13.6. The number of carbonyl (C=O) groups excluding carboxylic acids is 1. The number of benzene rings is 2. The molecule has 0 aliphatic carbocycles. The fraction of sp³-hybridized carbons (Fsp3) is 0.158. The summed E-state index contributed by atoms with van der Waals surface area (Å²) >= 11 is 0. The van der Waals surface area contributed by atoms with E-state index in [1.165, 1.54) is 5.56 Å². The van der Waals surface area contributed by atoms with E-state index in [4.69, 9.17) is 14.9 Å². The molecular formula is C19H18N2O3. The predicted octanol–water partition coefficient (Wildman–Crippen LogP) is 3.35. The van der Waals surface area contributed by atoms with E-state index in [2.05, 4.69) is 4.98 Å². The summed E-state index contributed by atoms with van der Waals surface area (Å²) in [5, 5.41) is 0. The van der Waals surface area contributed by atoms with Gasteiger partial charge in [0.1, 0.15) is 5.75 Å². The highest BCUT2D eigenvalue weighted by atomic mass is 16.5. The van der Waals surface area contributed by atoms with Gasteiger partial charge in [0, 0.05) is 12.0 Å². The first-order valence-corrected chi connectivity index (χ1v) is 7.56. The van der Waals surface area contributed by atoms with Crippen LogP contribution in [0.5, 0.6) is 5.75 Å². The van der Waals surface area contributed by atoms with Gasteiger partial charge in [-0.15, -0.1) is 0 Å². The van der Waals surface area contributed by atoms with Crippen molar-refractivity contribution in [3.8, 4) is 17.1 Å². The Bertz CT molecular complexity index is 849. The van der Waals surface area contributed by atoms with E-state index in [0.717, 1.165) is 16.9 Å². The molecule has 2 N–H and O–H groups in total. The number of rotatable bonds is 5. The highest BCUT2D eigenvalue weighted by Crippen LogP contribution is 2.27. The average Bonchev–Trinajstić information content (AvgIpc) is 3.01. The standard InChI is InChI=1S/C19H18N2O3/c1-12-3-5-13(6-4-12)11-16-21-17(19(20)22)18(24-16)14-7-9-15(23-2)10-8-14/h3-10H,11H2,1-2H3,(H2,20,22). The fourth-order valence-electron chi connectivity index (χ4n) is 2.43. The van der Waals surface area contributed by atoms with Crippen molar-refractivity contribution in [3.05, 3.63) is 71.2 Å². The van der Waals surface area contributed by atoms with Crippen LogP contribution >= 0.6 is 0 Å². The third-order valence-corrected chi connectivity index (χ3v) is 3.73. The molecule has 1 heterocycles. The maximum atomic E-state index is 11.7. The van der Waals surface area contributed by atoms with E-state index in [-0.39, 0.29) is 5.69 Å². The summed E-state index contributed by atoms with van der Waals surface area (Å²) in [5.74, 6) is 0.948. The summed E-state index contributed by atoms with van der Waals surface area (Å²) in [6, 6.07) is 15.3. The van der Waals surface area contributed by atoms with Crippen molar-refractivity contribution in [2.75, 3.05) is 7.11 Å². The molecule has 1 aromatic heterocycles. The van der Waals surface area contributed by atoms with Gasteiger partial charge < -0.3 is 14.9 Å². The van der Waals surface area contributed by atoms with Gasteiger partial charge in [-0.25, -0.2) is 4.98 Å². The van der Waals surface area contributed by atoms with E-state index in [1.54, 1.807) is 31.4 Å². The second-order valence-electron chi connectivity index (χ2n) is 5.54. The summed E-state index contributed by atoms with van der Waals surface area (Å²) in [6.45, 7) is 2.03. The van der Waals surface area contributed by atoms with Crippen molar-refractivity contribution in [1.29, 1.82) is 0 Å². The lowest BCUT2D eigenvalue weighted by Gasteiger charge is -2.01. The summed E-state index contributed by atoms with van der Waals surface area (Å²) in [5.41, 5.74) is 8.56. The molecule has 0 aliphatic rings. The Morgan fingerprint density at radius 2 is 1.79 bits per heavy atom. The first-order chi connectivity index (χ1) is 11.6. The van der Waals surface area contributed by atoms with Gasteiger partial charge in [0.25, 0.3) is 5.91 Å². The van der Waals surface area contributed by atoms with Crippen LogP contribution in [0.2, 0.25) is 0 Å². The van der Waals surface area contributed by atoms with Crippen LogP contribution < -0.4 is 10.5 Å². The zero-order chi connectivity index (χ0) is 17.1. The van der Waals surface area contributed by atoms with Crippen LogP contribution in [0.25, 0.3) is 11.3 Å². The first-order valence-electron chi connectivity index (χ1n) is 7.56. The smallest absolute Gasteiger partial charge is 0.271 e. The Morgan fingerprint density at radius 3 is 2.38 bits per heavy atom. The van der Waals surface area contributed by atoms with Gasteiger partial charge in [-0.3, -0.25) is 4.79 Å². The van der Waals surface area contributed by atoms with E-state index in [9.17, 15) is 4.79 Å². The lowest BCUT2D eigenvalue weighted by Crippen LogP contribution is -2.12. The molecule has 0 radical (unpaired) electrons. The van der Waals surface area contributed by atoms with Crippen molar-refractivity contribution in [1.82, 2.24) is 4.98 Å². The normalized spacial score (nSPS) is 10.6. The minimum Gasteiger partial charge on any atom is -0.497 e. The van der Waals surface area contributed by atoms with Crippen LogP contribution in [0.15, 0.2) is 52.9 Å². The molecule has 0 unspecified atom stereocenters. The quantitative estimate of drug-likeness (QED) is 0.781. The fourth-order valence-corrected chi connectivity index (χ4v) is 2.43. The largest absolute Gasteiger partial charge is 0.497 e. The highest BCUT2D eigenvalue weighted by Gasteiger charge is 2.19. The van der Waals surface area contributed by atoms with Gasteiger partial charge in [0.2, 0.25) is 0 Å². The van der Waals surface area contributed by atoms with Crippen LogP contribution in [0, 0.1) is 6.92 Å². The van der Waals surface area contributed by atoms with Gasteiger partial charge in [0.15, 0.2) is 17.3 Å². The summed E-state index contributed by atoms with van der Waals surface area (Å²) in [6.07, 6.45) is 0.497. The van der Waals surface area contributed by atoms with Crippen LogP contribution in [0.3, 0.4) is 0 Å². The van der Waals surface area contributed by atoms with Gasteiger partial charge in [0.05, 0.1) is 7.11 Å². The van der Waals surface area contributed by atoms with Crippen molar-refractivity contribution in [2.45, 2.75) is 13.3 Å². The zero-order valence-corrected chi connectivity index (χ0v) is 13.6. The molecule has 0 aliphatic heterocycles. The van der Waals surface area contributed by atoms with E-state index in [0.29, 0.717) is 18.1 Å². The number of aromatic nitrogens is 1. The monoisotopic (exact) mass is 322 g/mol.